The van der Waals surface area contributed by atoms with E-state index in [-0.39, 0.29) is 0 Å². The van der Waals surface area contributed by atoms with Crippen molar-refractivity contribution in [2.75, 3.05) is 0 Å². The van der Waals surface area contributed by atoms with E-state index in [1.54, 1.807) is 17.5 Å². The monoisotopic (exact) mass is 197 g/mol. The number of pyridine rings is 1. The number of hydrogen-bond donors (Lipinski definition) is 0. The molecule has 0 atom stereocenters. The van der Waals surface area contributed by atoms with Gasteiger partial charge < -0.3 is 0 Å². The van der Waals surface area contributed by atoms with Crippen LogP contribution in [-0.2, 0) is 0 Å². The van der Waals surface area contributed by atoms with Crippen LogP contribution in [0.1, 0.15) is 10.4 Å². The molecule has 0 spiro atoms. The van der Waals surface area contributed by atoms with Crippen LogP contribution in [0, 0.1) is 13.8 Å². The van der Waals surface area contributed by atoms with Crippen molar-refractivity contribution in [1.82, 2.24) is 4.98 Å². The number of nitrogens with zero attached hydrogens (tertiary/aromatic N) is 1. The second kappa shape index (κ2) is 2.71. The lowest BCUT2D eigenvalue weighted by Crippen LogP contribution is -1.74. The molecule has 2 aromatic rings. The molecule has 1 nitrogen and oxygen atoms in total. The van der Waals surface area contributed by atoms with Crippen molar-refractivity contribution in [3.8, 4) is 0 Å². The lowest BCUT2D eigenvalue weighted by Gasteiger charge is -1.91. The molecule has 0 radical (unpaired) electrons. The first-order valence-electron chi connectivity index (χ1n) is 3.70. The van der Waals surface area contributed by atoms with Gasteiger partial charge in [-0.1, -0.05) is 11.6 Å². The zero-order valence-corrected chi connectivity index (χ0v) is 8.46. The molecule has 62 valence electrons. The standard InChI is InChI=1S/C9H8ClNS/c1-5-6(2)12-8-7(5)3-4-11-9(8)10/h3-4H,1-2H3. The summed E-state index contributed by atoms with van der Waals surface area (Å²) >= 11 is 7.65. The van der Waals surface area contributed by atoms with Gasteiger partial charge in [0.2, 0.25) is 0 Å². The lowest BCUT2D eigenvalue weighted by molar-refractivity contribution is 1.36. The van der Waals surface area contributed by atoms with Crippen LogP contribution in [0.2, 0.25) is 5.15 Å². The van der Waals surface area contributed by atoms with Gasteiger partial charge in [0.05, 0.1) is 4.70 Å². The highest BCUT2D eigenvalue weighted by molar-refractivity contribution is 7.19. The predicted octanol–water partition coefficient (Wildman–Crippen LogP) is 3.57. The third-order valence-corrected chi connectivity index (χ3v) is 3.68. The van der Waals surface area contributed by atoms with E-state index < -0.39 is 0 Å². The van der Waals surface area contributed by atoms with Crippen LogP contribution in [0.15, 0.2) is 12.3 Å². The fourth-order valence-electron chi connectivity index (χ4n) is 1.23. The summed E-state index contributed by atoms with van der Waals surface area (Å²) < 4.78 is 1.11. The summed E-state index contributed by atoms with van der Waals surface area (Å²) in [4.78, 5) is 5.36. The summed E-state index contributed by atoms with van der Waals surface area (Å²) in [6.45, 7) is 4.22. The zero-order valence-electron chi connectivity index (χ0n) is 6.89. The molecule has 12 heavy (non-hydrogen) atoms. The molecule has 2 heterocycles. The first kappa shape index (κ1) is 8.02. The molecule has 3 heteroatoms. The SMILES string of the molecule is Cc1sc2c(Cl)nccc2c1C. The summed E-state index contributed by atoms with van der Waals surface area (Å²) in [5.41, 5.74) is 1.32. The minimum Gasteiger partial charge on any atom is -0.243 e. The molecule has 0 bridgehead atoms. The van der Waals surface area contributed by atoms with E-state index in [1.165, 1.54) is 15.8 Å². The third-order valence-electron chi connectivity index (χ3n) is 2.05. The molecule has 2 rings (SSSR count). The van der Waals surface area contributed by atoms with Gasteiger partial charge in [-0.2, -0.15) is 0 Å². The molecule has 0 saturated heterocycles. The Labute approximate surface area is 80.0 Å². The molecule has 0 saturated carbocycles. The van der Waals surface area contributed by atoms with Crippen LogP contribution < -0.4 is 0 Å². The average molecular weight is 198 g/mol. The van der Waals surface area contributed by atoms with Gasteiger partial charge in [-0.05, 0) is 25.5 Å². The van der Waals surface area contributed by atoms with Gasteiger partial charge in [0.25, 0.3) is 0 Å². The second-order valence-corrected chi connectivity index (χ2v) is 4.34. The van der Waals surface area contributed by atoms with E-state index in [0.717, 1.165) is 4.70 Å². The predicted molar refractivity (Wildman–Crippen MR) is 54.1 cm³/mol. The molecular weight excluding hydrogens is 190 g/mol. The van der Waals surface area contributed by atoms with Crippen molar-refractivity contribution in [3.63, 3.8) is 0 Å². The molecule has 0 aromatic carbocycles. The lowest BCUT2D eigenvalue weighted by atomic mass is 10.2. The van der Waals surface area contributed by atoms with E-state index in [4.69, 9.17) is 11.6 Å². The van der Waals surface area contributed by atoms with Crippen molar-refractivity contribution in [2.45, 2.75) is 13.8 Å². The van der Waals surface area contributed by atoms with Crippen LogP contribution in [-0.4, -0.2) is 4.98 Å². The maximum Gasteiger partial charge on any atom is 0.146 e. The van der Waals surface area contributed by atoms with Gasteiger partial charge in [0.15, 0.2) is 0 Å². The first-order valence-corrected chi connectivity index (χ1v) is 4.90. The van der Waals surface area contributed by atoms with Crippen molar-refractivity contribution in [3.05, 3.63) is 27.9 Å². The molecule has 0 aliphatic rings. The smallest absolute Gasteiger partial charge is 0.146 e. The fourth-order valence-corrected chi connectivity index (χ4v) is 2.55. The van der Waals surface area contributed by atoms with Gasteiger partial charge >= 0.3 is 0 Å². The topological polar surface area (TPSA) is 12.9 Å². The second-order valence-electron chi connectivity index (χ2n) is 2.76. The molecule has 0 fully saturated rings. The quantitative estimate of drug-likeness (QED) is 0.589. The molecule has 2 aromatic heterocycles. The highest BCUT2D eigenvalue weighted by Gasteiger charge is 2.07. The van der Waals surface area contributed by atoms with Crippen LogP contribution in [0.25, 0.3) is 10.1 Å². The Morgan fingerprint density at radius 2 is 2.17 bits per heavy atom. The van der Waals surface area contributed by atoms with Gasteiger partial charge in [0.1, 0.15) is 5.15 Å². The Hall–Kier alpha value is -0.600. The molecule has 0 amide bonds. The summed E-state index contributed by atoms with van der Waals surface area (Å²) in [6.07, 6.45) is 1.75. The van der Waals surface area contributed by atoms with Crippen LogP contribution in [0.5, 0.6) is 0 Å². The molecule has 0 unspecified atom stereocenters. The minimum atomic E-state index is 0.619. The Balaban J connectivity index is 2.95. The highest BCUT2D eigenvalue weighted by Crippen LogP contribution is 2.33. The Morgan fingerprint density at radius 3 is 2.83 bits per heavy atom. The van der Waals surface area contributed by atoms with E-state index in [9.17, 15) is 0 Å². The third kappa shape index (κ3) is 1.03. The van der Waals surface area contributed by atoms with E-state index >= 15 is 0 Å². The molecular formula is C9H8ClNS. The highest BCUT2D eigenvalue weighted by atomic mass is 35.5. The van der Waals surface area contributed by atoms with E-state index in [0.29, 0.717) is 5.15 Å². The van der Waals surface area contributed by atoms with Crippen LogP contribution in [0.3, 0.4) is 0 Å². The number of hydrogen-bond acceptors (Lipinski definition) is 2. The Morgan fingerprint density at radius 1 is 1.42 bits per heavy atom. The van der Waals surface area contributed by atoms with Crippen molar-refractivity contribution >= 4 is 33.0 Å². The maximum absolute atomic E-state index is 5.94. The minimum absolute atomic E-state index is 0.619. The number of fused-ring (bicyclic) bond motifs is 1. The fraction of sp³-hybridized carbons (Fsp3) is 0.222. The Kier molecular flexibility index (Phi) is 1.81. The number of aryl methyl sites for hydroxylation is 2. The normalized spacial score (nSPS) is 10.9. The van der Waals surface area contributed by atoms with Gasteiger partial charge in [0, 0.05) is 16.5 Å². The average Bonchev–Trinajstić information content (AvgIpc) is 2.32. The molecule has 0 aliphatic carbocycles. The van der Waals surface area contributed by atoms with Crippen molar-refractivity contribution < 1.29 is 0 Å². The summed E-state index contributed by atoms with van der Waals surface area (Å²) in [7, 11) is 0. The number of thiophene rings is 1. The molecule has 0 N–H and O–H groups in total. The van der Waals surface area contributed by atoms with Crippen LogP contribution in [0.4, 0.5) is 0 Å². The van der Waals surface area contributed by atoms with Gasteiger partial charge in [-0.3, -0.25) is 0 Å². The van der Waals surface area contributed by atoms with Gasteiger partial charge in [-0.15, -0.1) is 11.3 Å². The summed E-state index contributed by atoms with van der Waals surface area (Å²) in [5, 5.41) is 1.85. The summed E-state index contributed by atoms with van der Waals surface area (Å²) in [6, 6.07) is 2.01. The molecule has 0 aliphatic heterocycles. The number of halogens is 1. The van der Waals surface area contributed by atoms with Crippen molar-refractivity contribution in [2.24, 2.45) is 0 Å². The van der Waals surface area contributed by atoms with Crippen LogP contribution >= 0.6 is 22.9 Å². The Bertz CT molecular complexity index is 433. The number of rotatable bonds is 0. The number of aromatic nitrogens is 1. The van der Waals surface area contributed by atoms with Gasteiger partial charge in [-0.25, -0.2) is 4.98 Å². The first-order chi connectivity index (χ1) is 5.70. The maximum atomic E-state index is 5.94. The largest absolute Gasteiger partial charge is 0.243 e. The van der Waals surface area contributed by atoms with E-state index in [1.807, 2.05) is 6.07 Å². The summed E-state index contributed by atoms with van der Waals surface area (Å²) in [5.74, 6) is 0. The van der Waals surface area contributed by atoms with E-state index in [2.05, 4.69) is 18.8 Å². The van der Waals surface area contributed by atoms with Crippen molar-refractivity contribution in [1.29, 1.82) is 0 Å². The zero-order chi connectivity index (χ0) is 8.72.